The molecule has 458 valence electrons. The standard InChI is InChI=1S/C80H96N6O2/c1-3-5-7-9-11-13-15-17-19-21-23-25-27-37-55-87-79-61-69(65-47-43-63(44-48-65)67-57-75(71-39-29-33-51-81-71)85-76(58-67)72-40-30-34-52-82-72)70(62-80(79)88-56-38-28-26-24-22-20-18-16-14-12-10-8-6-4-2)66-49-45-64(46-50-66)68-59-77(73-41-31-35-53-83-73)86-78(60-68)74-42-32-36-54-84-74/h29-36,39-54,57-62H,3-28,37-38,55-56H2,1-2H3. The molecule has 0 radical (unpaired) electrons. The lowest BCUT2D eigenvalue weighted by Crippen LogP contribution is -2.04. The molecule has 6 heterocycles. The van der Waals surface area contributed by atoms with Gasteiger partial charge in [-0.05, 0) is 142 Å². The monoisotopic (exact) mass is 1170 g/mol. The third-order valence-electron chi connectivity index (χ3n) is 17.0. The molecule has 9 aromatic rings. The van der Waals surface area contributed by atoms with Crippen LogP contribution in [0.1, 0.15) is 194 Å². The van der Waals surface area contributed by atoms with Gasteiger partial charge in [0, 0.05) is 24.8 Å². The highest BCUT2D eigenvalue weighted by atomic mass is 16.5. The van der Waals surface area contributed by atoms with Gasteiger partial charge in [0.2, 0.25) is 0 Å². The predicted molar refractivity (Wildman–Crippen MR) is 368 cm³/mol. The predicted octanol–water partition coefficient (Wildman–Crippen LogP) is 23.1. The lowest BCUT2D eigenvalue weighted by Gasteiger charge is -2.19. The van der Waals surface area contributed by atoms with Crippen molar-refractivity contribution >= 4 is 0 Å². The highest BCUT2D eigenvalue weighted by Crippen LogP contribution is 2.43. The second-order valence-electron chi connectivity index (χ2n) is 24.0. The van der Waals surface area contributed by atoms with Gasteiger partial charge in [-0.3, -0.25) is 19.9 Å². The normalized spacial score (nSPS) is 11.3. The zero-order valence-electron chi connectivity index (χ0n) is 53.0. The van der Waals surface area contributed by atoms with Crippen molar-refractivity contribution in [3.8, 4) is 102 Å². The largest absolute Gasteiger partial charge is 0.490 e. The molecule has 0 aliphatic heterocycles. The molecule has 0 saturated carbocycles. The number of pyridine rings is 6. The summed E-state index contributed by atoms with van der Waals surface area (Å²) in [4.78, 5) is 28.9. The summed E-state index contributed by atoms with van der Waals surface area (Å²) in [6, 6.07) is 54.7. The average molecular weight is 1170 g/mol. The Bertz CT molecular complexity index is 3030. The van der Waals surface area contributed by atoms with Crippen molar-refractivity contribution in [2.75, 3.05) is 13.2 Å². The van der Waals surface area contributed by atoms with Crippen molar-refractivity contribution in [1.29, 1.82) is 0 Å². The first-order valence-electron chi connectivity index (χ1n) is 34.0. The van der Waals surface area contributed by atoms with E-state index in [1.54, 1.807) is 0 Å². The van der Waals surface area contributed by atoms with Crippen LogP contribution >= 0.6 is 0 Å². The van der Waals surface area contributed by atoms with Crippen molar-refractivity contribution < 1.29 is 9.47 Å². The van der Waals surface area contributed by atoms with Crippen molar-refractivity contribution in [1.82, 2.24) is 29.9 Å². The van der Waals surface area contributed by atoms with Crippen LogP contribution in [0.2, 0.25) is 0 Å². The quantitative estimate of drug-likeness (QED) is 0.0351. The molecule has 8 nitrogen and oxygen atoms in total. The number of hydrogen-bond donors (Lipinski definition) is 0. The van der Waals surface area contributed by atoms with Gasteiger partial charge >= 0.3 is 0 Å². The number of aromatic nitrogens is 6. The number of hydrogen-bond acceptors (Lipinski definition) is 8. The van der Waals surface area contributed by atoms with Crippen LogP contribution in [0.5, 0.6) is 11.5 Å². The SMILES string of the molecule is CCCCCCCCCCCCCCCCOc1cc(-c2ccc(-c3cc(-c4ccccn4)nc(-c4ccccn4)c3)cc2)c(-c2ccc(-c3cc(-c4ccccn4)nc(-c4ccccn4)c3)cc2)cc1OCCCCCCCCCCCCCCCC. The topological polar surface area (TPSA) is 95.8 Å². The molecule has 0 aliphatic rings. The van der Waals surface area contributed by atoms with Gasteiger partial charge in [0.15, 0.2) is 11.5 Å². The second kappa shape index (κ2) is 37.1. The first kappa shape index (κ1) is 64.6. The summed E-state index contributed by atoms with van der Waals surface area (Å²) >= 11 is 0. The molecular weight excluding hydrogens is 1080 g/mol. The van der Waals surface area contributed by atoms with E-state index in [1.165, 1.54) is 154 Å². The molecule has 9 rings (SSSR count). The van der Waals surface area contributed by atoms with E-state index in [4.69, 9.17) is 19.4 Å². The third kappa shape index (κ3) is 20.6. The summed E-state index contributed by atoms with van der Waals surface area (Å²) in [5, 5.41) is 0. The summed E-state index contributed by atoms with van der Waals surface area (Å²) in [6.45, 7) is 5.88. The summed E-state index contributed by atoms with van der Waals surface area (Å²) in [5.74, 6) is 1.60. The molecule has 0 unspecified atom stereocenters. The van der Waals surface area contributed by atoms with Gasteiger partial charge in [-0.2, -0.15) is 0 Å². The van der Waals surface area contributed by atoms with Crippen LogP contribution in [0.15, 0.2) is 183 Å². The fraction of sp³-hybridized carbons (Fsp3) is 0.400. The molecular formula is C80H96N6O2. The highest BCUT2D eigenvalue weighted by molar-refractivity contribution is 5.88. The van der Waals surface area contributed by atoms with E-state index in [0.29, 0.717) is 13.2 Å². The van der Waals surface area contributed by atoms with Crippen molar-refractivity contribution in [3.63, 3.8) is 0 Å². The first-order valence-corrected chi connectivity index (χ1v) is 34.0. The highest BCUT2D eigenvalue weighted by Gasteiger charge is 2.19. The van der Waals surface area contributed by atoms with Gasteiger partial charge in [0.05, 0.1) is 58.8 Å². The van der Waals surface area contributed by atoms with Crippen LogP contribution in [0, 0.1) is 0 Å². The number of unbranched alkanes of at least 4 members (excludes halogenated alkanes) is 26. The molecule has 0 aliphatic carbocycles. The summed E-state index contributed by atoms with van der Waals surface area (Å²) in [7, 11) is 0. The van der Waals surface area contributed by atoms with Crippen LogP contribution in [0.3, 0.4) is 0 Å². The Labute approximate surface area is 527 Å². The lowest BCUT2D eigenvalue weighted by atomic mass is 9.91. The van der Waals surface area contributed by atoms with E-state index in [9.17, 15) is 0 Å². The summed E-state index contributed by atoms with van der Waals surface area (Å²) < 4.78 is 13.8. The maximum Gasteiger partial charge on any atom is 0.161 e. The Morgan fingerprint density at radius 1 is 0.239 bits per heavy atom. The minimum absolute atomic E-state index is 0.645. The Kier molecular flexibility index (Phi) is 27.3. The molecule has 0 N–H and O–H groups in total. The molecule has 8 heteroatoms. The van der Waals surface area contributed by atoms with Crippen LogP contribution in [-0.2, 0) is 0 Å². The minimum atomic E-state index is 0.645. The van der Waals surface area contributed by atoms with Gasteiger partial charge in [-0.15, -0.1) is 0 Å². The van der Waals surface area contributed by atoms with Crippen LogP contribution in [0.25, 0.3) is 90.1 Å². The van der Waals surface area contributed by atoms with Gasteiger partial charge in [0.1, 0.15) is 0 Å². The fourth-order valence-corrected chi connectivity index (χ4v) is 11.9. The van der Waals surface area contributed by atoms with Crippen LogP contribution in [0.4, 0.5) is 0 Å². The van der Waals surface area contributed by atoms with Crippen molar-refractivity contribution in [2.24, 2.45) is 0 Å². The molecule has 0 spiro atoms. The van der Waals surface area contributed by atoms with Gasteiger partial charge in [0.25, 0.3) is 0 Å². The Morgan fingerprint density at radius 2 is 0.489 bits per heavy atom. The smallest absolute Gasteiger partial charge is 0.161 e. The minimum Gasteiger partial charge on any atom is -0.490 e. The Balaban J connectivity index is 0.977. The molecule has 0 saturated heterocycles. The molecule has 3 aromatic carbocycles. The maximum atomic E-state index is 6.89. The number of benzene rings is 3. The van der Waals surface area contributed by atoms with Crippen LogP contribution < -0.4 is 9.47 Å². The van der Waals surface area contributed by atoms with Crippen LogP contribution in [-0.4, -0.2) is 43.1 Å². The van der Waals surface area contributed by atoms with Crippen molar-refractivity contribution in [2.45, 2.75) is 194 Å². The van der Waals surface area contributed by atoms with E-state index < -0.39 is 0 Å². The number of rotatable bonds is 40. The first-order chi connectivity index (χ1) is 43.6. The lowest BCUT2D eigenvalue weighted by molar-refractivity contribution is 0.258. The Morgan fingerprint density at radius 3 is 0.739 bits per heavy atom. The zero-order chi connectivity index (χ0) is 60.5. The molecule has 0 amide bonds. The molecule has 0 fully saturated rings. The van der Waals surface area contributed by atoms with E-state index in [1.807, 2.05) is 97.6 Å². The Hall–Kier alpha value is -7.84. The van der Waals surface area contributed by atoms with E-state index in [-0.39, 0.29) is 0 Å². The van der Waals surface area contributed by atoms with Gasteiger partial charge in [-0.1, -0.05) is 254 Å². The molecule has 0 atom stereocenters. The number of ether oxygens (including phenoxy) is 2. The second-order valence-corrected chi connectivity index (χ2v) is 24.0. The maximum absolute atomic E-state index is 6.89. The molecule has 0 bridgehead atoms. The van der Waals surface area contributed by atoms with Gasteiger partial charge < -0.3 is 9.47 Å². The summed E-state index contributed by atoms with van der Waals surface area (Å²) in [6.07, 6.45) is 44.2. The van der Waals surface area contributed by atoms with Gasteiger partial charge in [-0.25, -0.2) is 9.97 Å². The summed E-state index contributed by atoms with van der Waals surface area (Å²) in [5.41, 5.74) is 15.0. The zero-order valence-corrected chi connectivity index (χ0v) is 53.0. The molecule has 88 heavy (non-hydrogen) atoms. The van der Waals surface area contributed by atoms with Crippen molar-refractivity contribution in [3.05, 3.63) is 183 Å². The third-order valence-corrected chi connectivity index (χ3v) is 17.0. The van der Waals surface area contributed by atoms with E-state index >= 15 is 0 Å². The van der Waals surface area contributed by atoms with E-state index in [0.717, 1.165) is 127 Å². The number of nitrogens with zero attached hydrogens (tertiary/aromatic N) is 6. The van der Waals surface area contributed by atoms with E-state index in [2.05, 4.69) is 119 Å². The average Bonchev–Trinajstić information content (AvgIpc) is 2.48. The molecule has 6 aromatic heterocycles. The fourth-order valence-electron chi connectivity index (χ4n) is 11.9.